The third-order valence-electron chi connectivity index (χ3n) is 5.49. The Bertz CT molecular complexity index is 528. The predicted molar refractivity (Wildman–Crippen MR) is 161 cm³/mol. The SMILES string of the molecule is CCCCCCCCCC(=O)OC(=O)CCCCCCCCC(=O)O.CNC(C)O.CNC(C)O.CNC(C)O. The van der Waals surface area contributed by atoms with Crippen molar-refractivity contribution in [2.45, 2.75) is 149 Å². The maximum atomic E-state index is 11.6. The average molecular weight is 582 g/mol. The van der Waals surface area contributed by atoms with Gasteiger partial charge in [-0.05, 0) is 61.2 Å². The van der Waals surface area contributed by atoms with Gasteiger partial charge in [-0.25, -0.2) is 0 Å². The predicted octanol–water partition coefficient (Wildman–Crippen LogP) is 4.03. The van der Waals surface area contributed by atoms with Crippen molar-refractivity contribution >= 4 is 17.9 Å². The molecule has 3 unspecified atom stereocenters. The van der Waals surface area contributed by atoms with Gasteiger partial charge in [-0.15, -0.1) is 0 Å². The number of rotatable bonds is 20. The molecule has 0 saturated heterocycles. The second-order valence-corrected chi connectivity index (χ2v) is 9.63. The van der Waals surface area contributed by atoms with E-state index in [0.29, 0.717) is 12.8 Å². The van der Waals surface area contributed by atoms with E-state index in [0.717, 1.165) is 51.4 Å². The molecule has 0 rings (SSSR count). The minimum absolute atomic E-state index is 0.229. The average Bonchev–Trinajstić information content (AvgIpc) is 2.90. The Morgan fingerprint density at radius 2 is 0.800 bits per heavy atom. The van der Waals surface area contributed by atoms with Crippen molar-refractivity contribution in [3.8, 4) is 0 Å². The number of aliphatic carboxylic acids is 1. The van der Waals surface area contributed by atoms with Crippen LogP contribution in [-0.2, 0) is 19.1 Å². The van der Waals surface area contributed by atoms with Gasteiger partial charge in [0.15, 0.2) is 0 Å². The van der Waals surface area contributed by atoms with Crippen LogP contribution < -0.4 is 16.0 Å². The summed E-state index contributed by atoms with van der Waals surface area (Å²) in [6.07, 6.45) is 13.0. The smallest absolute Gasteiger partial charge is 0.313 e. The Balaban J connectivity index is -0.000000350. The second kappa shape index (κ2) is 37.4. The summed E-state index contributed by atoms with van der Waals surface area (Å²) < 4.78 is 4.82. The van der Waals surface area contributed by atoms with Gasteiger partial charge in [-0.3, -0.25) is 30.3 Å². The van der Waals surface area contributed by atoms with E-state index in [9.17, 15) is 14.4 Å². The molecule has 11 nitrogen and oxygen atoms in total. The summed E-state index contributed by atoms with van der Waals surface area (Å²) in [5.41, 5.74) is 0. The van der Waals surface area contributed by atoms with Crippen LogP contribution in [0.25, 0.3) is 0 Å². The number of ether oxygens (including phenoxy) is 1. The Hall–Kier alpha value is -1.63. The van der Waals surface area contributed by atoms with Crippen molar-refractivity contribution in [3.63, 3.8) is 0 Å². The lowest BCUT2D eigenvalue weighted by atomic mass is 10.1. The molecule has 0 amide bonds. The molecule has 0 aromatic rings. The zero-order chi connectivity index (χ0) is 31.6. The van der Waals surface area contributed by atoms with Gasteiger partial charge in [0, 0.05) is 19.3 Å². The fourth-order valence-electron chi connectivity index (χ4n) is 2.71. The maximum Gasteiger partial charge on any atom is 0.313 e. The zero-order valence-electron chi connectivity index (χ0n) is 26.5. The molecule has 0 heterocycles. The summed E-state index contributed by atoms with van der Waals surface area (Å²) in [6.45, 7) is 7.19. The van der Waals surface area contributed by atoms with Crippen LogP contribution in [0, 0.1) is 0 Å². The monoisotopic (exact) mass is 581 g/mol. The van der Waals surface area contributed by atoms with Gasteiger partial charge in [0.2, 0.25) is 0 Å². The number of carbonyl (C=O) groups is 3. The molecule has 0 aromatic heterocycles. The van der Waals surface area contributed by atoms with E-state index < -0.39 is 17.9 Å². The molecule has 0 radical (unpaired) electrons. The number of aliphatic hydroxyl groups is 3. The first-order valence-electron chi connectivity index (χ1n) is 14.9. The van der Waals surface area contributed by atoms with Crippen molar-refractivity contribution in [2.24, 2.45) is 0 Å². The Morgan fingerprint density at radius 3 is 1.05 bits per heavy atom. The Labute approximate surface area is 243 Å². The minimum Gasteiger partial charge on any atom is -0.481 e. The van der Waals surface area contributed by atoms with Crippen molar-refractivity contribution in [3.05, 3.63) is 0 Å². The van der Waals surface area contributed by atoms with Crippen LogP contribution in [0.4, 0.5) is 0 Å². The molecular weight excluding hydrogens is 518 g/mol. The highest BCUT2D eigenvalue weighted by atomic mass is 16.6. The van der Waals surface area contributed by atoms with Crippen molar-refractivity contribution < 1.29 is 39.5 Å². The van der Waals surface area contributed by atoms with E-state index in [1.807, 2.05) is 0 Å². The van der Waals surface area contributed by atoms with Gasteiger partial charge >= 0.3 is 17.9 Å². The van der Waals surface area contributed by atoms with E-state index in [1.165, 1.54) is 25.7 Å². The first-order valence-corrected chi connectivity index (χ1v) is 14.9. The molecule has 0 aliphatic rings. The van der Waals surface area contributed by atoms with Gasteiger partial charge in [0.1, 0.15) is 18.7 Å². The standard InChI is InChI=1S/C20H36O5.3C3H9NO/c1-2-3-4-5-6-10-13-16-19(23)25-20(24)17-14-11-8-7-9-12-15-18(21)22;3*1-3(5)4-2/h2-17H2,1H3,(H,21,22);3*3-5H,1-2H3. The molecule has 0 fully saturated rings. The number of carbonyl (C=O) groups excluding carboxylic acids is 2. The summed E-state index contributed by atoms with van der Waals surface area (Å²) in [5.74, 6) is -1.56. The molecular formula is C29H63N3O8. The summed E-state index contributed by atoms with van der Waals surface area (Å²) in [4.78, 5) is 33.5. The molecule has 11 heteroatoms. The number of unbranched alkanes of at least 4 members (excludes halogenated alkanes) is 11. The van der Waals surface area contributed by atoms with Crippen LogP contribution in [0.1, 0.15) is 130 Å². The fourth-order valence-corrected chi connectivity index (χ4v) is 2.71. The van der Waals surface area contributed by atoms with Gasteiger partial charge in [-0.1, -0.05) is 71.1 Å². The molecule has 0 saturated carbocycles. The van der Waals surface area contributed by atoms with Crippen LogP contribution in [0.3, 0.4) is 0 Å². The van der Waals surface area contributed by atoms with Crippen LogP contribution in [0.15, 0.2) is 0 Å². The maximum absolute atomic E-state index is 11.6. The molecule has 3 atom stereocenters. The Kier molecular flexibility index (Phi) is 42.4. The van der Waals surface area contributed by atoms with Gasteiger partial charge < -0.3 is 25.2 Å². The highest BCUT2D eigenvalue weighted by Crippen LogP contribution is 2.11. The molecule has 0 bridgehead atoms. The molecule has 40 heavy (non-hydrogen) atoms. The van der Waals surface area contributed by atoms with E-state index in [4.69, 9.17) is 25.2 Å². The first-order chi connectivity index (χ1) is 18.9. The summed E-state index contributed by atoms with van der Waals surface area (Å²) in [7, 11) is 5.10. The molecule has 242 valence electrons. The van der Waals surface area contributed by atoms with Gasteiger partial charge in [-0.2, -0.15) is 0 Å². The van der Waals surface area contributed by atoms with Gasteiger partial charge in [0.05, 0.1) is 0 Å². The third-order valence-corrected chi connectivity index (χ3v) is 5.49. The largest absolute Gasteiger partial charge is 0.481 e. The van der Waals surface area contributed by atoms with Crippen molar-refractivity contribution in [2.75, 3.05) is 21.1 Å². The van der Waals surface area contributed by atoms with Crippen LogP contribution in [-0.4, -0.2) is 78.2 Å². The lowest BCUT2D eigenvalue weighted by Gasteiger charge is -2.04. The van der Waals surface area contributed by atoms with E-state index in [1.54, 1.807) is 41.9 Å². The highest BCUT2D eigenvalue weighted by molar-refractivity contribution is 5.85. The number of aliphatic hydroxyl groups excluding tert-OH is 3. The molecule has 0 aromatic carbocycles. The van der Waals surface area contributed by atoms with Crippen LogP contribution in [0.2, 0.25) is 0 Å². The number of nitrogens with one attached hydrogen (secondary N) is 3. The van der Waals surface area contributed by atoms with E-state index >= 15 is 0 Å². The highest BCUT2D eigenvalue weighted by Gasteiger charge is 2.09. The summed E-state index contributed by atoms with van der Waals surface area (Å²) in [6, 6.07) is 0. The van der Waals surface area contributed by atoms with Crippen LogP contribution >= 0.6 is 0 Å². The number of carboxylic acid groups (broad SMARTS) is 1. The number of esters is 2. The third kappa shape index (κ3) is 56.5. The van der Waals surface area contributed by atoms with Crippen LogP contribution in [0.5, 0.6) is 0 Å². The second-order valence-electron chi connectivity index (χ2n) is 9.63. The number of hydrogen-bond acceptors (Lipinski definition) is 10. The van der Waals surface area contributed by atoms with E-state index in [2.05, 4.69) is 22.9 Å². The number of hydrogen-bond donors (Lipinski definition) is 7. The number of carboxylic acids is 1. The summed E-state index contributed by atoms with van der Waals surface area (Å²) in [5, 5.41) is 41.0. The fraction of sp³-hybridized carbons (Fsp3) is 0.897. The molecule has 0 spiro atoms. The first kappa shape index (κ1) is 45.4. The molecule has 0 aliphatic heterocycles. The molecule has 7 N–H and O–H groups in total. The lowest BCUT2D eigenvalue weighted by Crippen LogP contribution is -2.19. The Morgan fingerprint density at radius 1 is 0.550 bits per heavy atom. The topological polar surface area (TPSA) is 177 Å². The quantitative estimate of drug-likeness (QED) is 0.0478. The van der Waals surface area contributed by atoms with Gasteiger partial charge in [0.25, 0.3) is 0 Å². The molecule has 0 aliphatic carbocycles. The summed E-state index contributed by atoms with van der Waals surface area (Å²) >= 11 is 0. The zero-order valence-corrected chi connectivity index (χ0v) is 26.5. The van der Waals surface area contributed by atoms with Crippen molar-refractivity contribution in [1.29, 1.82) is 0 Å². The van der Waals surface area contributed by atoms with Crippen molar-refractivity contribution in [1.82, 2.24) is 16.0 Å². The minimum atomic E-state index is -0.746. The lowest BCUT2D eigenvalue weighted by molar-refractivity contribution is -0.159. The van der Waals surface area contributed by atoms with E-state index in [-0.39, 0.29) is 31.5 Å². The normalized spacial score (nSPS) is 12.2.